The molecular weight excluding hydrogens is 756 g/mol. The van der Waals surface area contributed by atoms with Crippen LogP contribution in [0.25, 0.3) is 0 Å². The predicted molar refractivity (Wildman–Crippen MR) is 251 cm³/mol. The number of carbonyl (C=O) groups excluding carboxylic acids is 3. The first-order valence-electron chi connectivity index (χ1n) is 25.7. The third-order valence-corrected chi connectivity index (χ3v) is 13.3. The number of esters is 2. The minimum absolute atomic E-state index is 0.0205. The standard InChI is InChI=1S/C51H97ClN2O5/c1-6-10-14-24-32-46(30-12-8-3)43-58-49(55)36-28-22-18-16-20-26-34-48(54(51(52)57)42-45-38-40-53(5)41-39-45)35-27-21-17-19-23-29-37-50(56)59-44-47(31-13-9-4)33-25-15-11-7-2/h45-48H,6-44H2,1-5H3. The molecule has 348 valence electrons. The van der Waals surface area contributed by atoms with E-state index < -0.39 is 0 Å². The Morgan fingerprint density at radius 2 is 0.881 bits per heavy atom. The molecule has 1 fully saturated rings. The highest BCUT2D eigenvalue weighted by Crippen LogP contribution is 2.26. The van der Waals surface area contributed by atoms with Gasteiger partial charge in [-0.3, -0.25) is 14.4 Å². The lowest BCUT2D eigenvalue weighted by Crippen LogP contribution is -2.43. The molecule has 8 heteroatoms. The van der Waals surface area contributed by atoms with Gasteiger partial charge in [-0.2, -0.15) is 0 Å². The Labute approximate surface area is 371 Å². The number of unbranched alkanes of at least 4 members (excludes halogenated alkanes) is 18. The number of hydrogen-bond donors (Lipinski definition) is 0. The first kappa shape index (κ1) is 55.7. The summed E-state index contributed by atoms with van der Waals surface area (Å²) in [6, 6.07) is 0.199. The minimum Gasteiger partial charge on any atom is -0.465 e. The summed E-state index contributed by atoms with van der Waals surface area (Å²) >= 11 is 6.32. The highest BCUT2D eigenvalue weighted by atomic mass is 35.5. The molecule has 59 heavy (non-hydrogen) atoms. The van der Waals surface area contributed by atoms with E-state index in [0.29, 0.717) is 43.8 Å². The second kappa shape index (κ2) is 39.5. The molecule has 2 unspecified atom stereocenters. The summed E-state index contributed by atoms with van der Waals surface area (Å²) in [5.74, 6) is 1.52. The van der Waals surface area contributed by atoms with Gasteiger partial charge in [-0.25, -0.2) is 0 Å². The fourth-order valence-corrected chi connectivity index (χ4v) is 9.16. The monoisotopic (exact) mass is 853 g/mol. The molecule has 0 saturated carbocycles. The van der Waals surface area contributed by atoms with Crippen LogP contribution in [0.4, 0.5) is 4.79 Å². The van der Waals surface area contributed by atoms with E-state index in [2.05, 4.69) is 39.6 Å². The van der Waals surface area contributed by atoms with Crippen LogP contribution in [-0.4, -0.2) is 73.0 Å². The van der Waals surface area contributed by atoms with Gasteiger partial charge in [0.2, 0.25) is 0 Å². The molecule has 1 aliphatic rings. The summed E-state index contributed by atoms with van der Waals surface area (Å²) in [5, 5.41) is -0.283. The molecule has 1 aliphatic heterocycles. The average Bonchev–Trinajstić information content (AvgIpc) is 3.23. The Morgan fingerprint density at radius 1 is 0.525 bits per heavy atom. The molecule has 7 nitrogen and oxygen atoms in total. The highest BCUT2D eigenvalue weighted by molar-refractivity contribution is 6.62. The molecule has 0 N–H and O–H groups in total. The summed E-state index contributed by atoms with van der Waals surface area (Å²) in [4.78, 5) is 42.3. The normalized spacial score (nSPS) is 15.2. The van der Waals surface area contributed by atoms with Crippen molar-refractivity contribution in [2.24, 2.45) is 17.8 Å². The van der Waals surface area contributed by atoms with Gasteiger partial charge in [0.25, 0.3) is 0 Å². The number of likely N-dealkylation sites (tertiary alicyclic amines) is 1. The molecule has 0 aromatic carbocycles. The van der Waals surface area contributed by atoms with Gasteiger partial charge in [-0.05, 0) is 114 Å². The predicted octanol–water partition coefficient (Wildman–Crippen LogP) is 15.2. The Hall–Kier alpha value is -1.34. The molecule has 1 rings (SSSR count). The van der Waals surface area contributed by atoms with E-state index in [-0.39, 0.29) is 23.3 Å². The SMILES string of the molecule is CCCCCCC(CCCC)COC(=O)CCCCCCCCC(CCCCCCCCC(=O)OCC(CCCC)CCCCCC)N(CC1CCN(C)CC1)C(=O)Cl. The fraction of sp³-hybridized carbons (Fsp3) is 0.941. The summed E-state index contributed by atoms with van der Waals surface area (Å²) in [6.07, 6.45) is 38.1. The lowest BCUT2D eigenvalue weighted by atomic mass is 9.94. The van der Waals surface area contributed by atoms with Crippen LogP contribution in [0.2, 0.25) is 0 Å². The van der Waals surface area contributed by atoms with E-state index in [1.54, 1.807) is 0 Å². The van der Waals surface area contributed by atoms with Crippen LogP contribution in [-0.2, 0) is 19.1 Å². The Morgan fingerprint density at radius 3 is 1.29 bits per heavy atom. The van der Waals surface area contributed by atoms with Crippen LogP contribution in [0.5, 0.6) is 0 Å². The van der Waals surface area contributed by atoms with Gasteiger partial charge in [-0.1, -0.05) is 169 Å². The van der Waals surface area contributed by atoms with Crippen LogP contribution in [0.15, 0.2) is 0 Å². The Balaban J connectivity index is 2.41. The lowest BCUT2D eigenvalue weighted by molar-refractivity contribution is -0.146. The molecule has 1 heterocycles. The van der Waals surface area contributed by atoms with E-state index in [1.807, 2.05) is 4.90 Å². The fourth-order valence-electron chi connectivity index (χ4n) is 8.95. The number of ether oxygens (including phenoxy) is 2. The quantitative estimate of drug-likeness (QED) is 0.0264. The largest absolute Gasteiger partial charge is 0.465 e. The van der Waals surface area contributed by atoms with Gasteiger partial charge in [0.1, 0.15) is 0 Å². The topological polar surface area (TPSA) is 76.2 Å². The van der Waals surface area contributed by atoms with Crippen molar-refractivity contribution in [1.82, 2.24) is 9.80 Å². The van der Waals surface area contributed by atoms with Crippen molar-refractivity contribution in [3.05, 3.63) is 0 Å². The molecule has 0 aromatic heterocycles. The summed E-state index contributed by atoms with van der Waals surface area (Å²) in [7, 11) is 2.18. The van der Waals surface area contributed by atoms with Crippen molar-refractivity contribution < 1.29 is 23.9 Å². The number of amides is 1. The van der Waals surface area contributed by atoms with Crippen molar-refractivity contribution in [2.45, 2.75) is 252 Å². The van der Waals surface area contributed by atoms with Crippen LogP contribution in [0.1, 0.15) is 246 Å². The summed E-state index contributed by atoms with van der Waals surface area (Å²) < 4.78 is 11.5. The van der Waals surface area contributed by atoms with E-state index in [0.717, 1.165) is 122 Å². The molecule has 0 spiro atoms. The summed E-state index contributed by atoms with van der Waals surface area (Å²) in [5.41, 5.74) is 0. The van der Waals surface area contributed by atoms with E-state index in [9.17, 15) is 14.4 Å². The van der Waals surface area contributed by atoms with Gasteiger partial charge in [0, 0.05) is 25.4 Å². The van der Waals surface area contributed by atoms with Crippen LogP contribution >= 0.6 is 11.6 Å². The van der Waals surface area contributed by atoms with Crippen molar-refractivity contribution >= 4 is 28.9 Å². The van der Waals surface area contributed by atoms with Crippen molar-refractivity contribution in [3.8, 4) is 0 Å². The molecule has 0 aromatic rings. The number of piperidine rings is 1. The molecule has 0 radical (unpaired) electrons. The van der Waals surface area contributed by atoms with Crippen molar-refractivity contribution in [2.75, 3.05) is 39.9 Å². The molecule has 2 atom stereocenters. The smallest absolute Gasteiger partial charge is 0.316 e. The Kier molecular flexibility index (Phi) is 37.3. The number of carbonyl (C=O) groups is 3. The average molecular weight is 854 g/mol. The first-order valence-corrected chi connectivity index (χ1v) is 26.1. The highest BCUT2D eigenvalue weighted by Gasteiger charge is 2.27. The van der Waals surface area contributed by atoms with E-state index in [4.69, 9.17) is 21.1 Å². The molecular formula is C51H97ClN2O5. The molecule has 0 bridgehead atoms. The minimum atomic E-state index is -0.283. The number of nitrogens with zero attached hydrogens (tertiary/aromatic N) is 2. The Bertz CT molecular complexity index is 933. The van der Waals surface area contributed by atoms with Crippen molar-refractivity contribution in [3.63, 3.8) is 0 Å². The maximum atomic E-state index is 12.9. The zero-order valence-corrected chi connectivity index (χ0v) is 40.5. The molecule has 1 amide bonds. The number of halogens is 1. The van der Waals surface area contributed by atoms with Gasteiger partial charge in [-0.15, -0.1) is 0 Å². The zero-order chi connectivity index (χ0) is 43.2. The van der Waals surface area contributed by atoms with Crippen LogP contribution < -0.4 is 0 Å². The van der Waals surface area contributed by atoms with Gasteiger partial charge < -0.3 is 19.3 Å². The van der Waals surface area contributed by atoms with E-state index in [1.165, 1.54) is 103 Å². The van der Waals surface area contributed by atoms with Crippen LogP contribution in [0, 0.1) is 17.8 Å². The van der Waals surface area contributed by atoms with Gasteiger partial charge in [0.15, 0.2) is 0 Å². The zero-order valence-electron chi connectivity index (χ0n) is 39.7. The third kappa shape index (κ3) is 32.1. The number of hydrogen-bond acceptors (Lipinski definition) is 6. The van der Waals surface area contributed by atoms with Gasteiger partial charge in [0.05, 0.1) is 13.2 Å². The van der Waals surface area contributed by atoms with Crippen LogP contribution in [0.3, 0.4) is 0 Å². The first-order chi connectivity index (χ1) is 28.7. The van der Waals surface area contributed by atoms with Crippen molar-refractivity contribution in [1.29, 1.82) is 0 Å². The third-order valence-electron chi connectivity index (χ3n) is 13.1. The van der Waals surface area contributed by atoms with E-state index >= 15 is 0 Å². The maximum absolute atomic E-state index is 12.9. The molecule has 0 aliphatic carbocycles. The second-order valence-electron chi connectivity index (χ2n) is 18.7. The van der Waals surface area contributed by atoms with Gasteiger partial charge >= 0.3 is 17.3 Å². The number of rotatable bonds is 41. The molecule has 1 saturated heterocycles. The maximum Gasteiger partial charge on any atom is 0.316 e. The summed E-state index contributed by atoms with van der Waals surface area (Å²) in [6.45, 7) is 13.1. The lowest BCUT2D eigenvalue weighted by Gasteiger charge is -2.36. The second-order valence-corrected chi connectivity index (χ2v) is 19.0.